The number of benzene rings is 1. The standard InChI is InChI=1S/C17H23ClN2O5S/c1-11(2)9-15(17(22)23)20(10-16(21)19-13-5-6-13)26(24,25)14-7-3-12(18)4-8-14/h3-4,7-8,11,13,15H,5-6,9-10H2,1-2H3,(H,19,21)(H,22,23)/t15-/m1/s1. The zero-order valence-electron chi connectivity index (χ0n) is 14.7. The predicted molar refractivity (Wildman–Crippen MR) is 97.4 cm³/mol. The first-order valence-electron chi connectivity index (χ1n) is 8.41. The third-order valence-corrected chi connectivity index (χ3v) is 6.11. The molecule has 1 aliphatic carbocycles. The second-order valence-electron chi connectivity index (χ2n) is 6.83. The van der Waals surface area contributed by atoms with E-state index in [1.54, 1.807) is 13.8 Å². The topological polar surface area (TPSA) is 104 Å². The third kappa shape index (κ3) is 5.43. The molecule has 0 spiro atoms. The smallest absolute Gasteiger partial charge is 0.322 e. The van der Waals surface area contributed by atoms with Crippen molar-refractivity contribution < 1.29 is 23.1 Å². The van der Waals surface area contributed by atoms with Gasteiger partial charge in [0.15, 0.2) is 0 Å². The molecule has 144 valence electrons. The van der Waals surface area contributed by atoms with Gasteiger partial charge in [-0.05, 0) is 49.4 Å². The molecular formula is C17H23ClN2O5S. The highest BCUT2D eigenvalue weighted by atomic mass is 35.5. The number of halogens is 1. The van der Waals surface area contributed by atoms with Crippen molar-refractivity contribution in [1.82, 2.24) is 9.62 Å². The van der Waals surface area contributed by atoms with E-state index < -0.39 is 34.5 Å². The summed E-state index contributed by atoms with van der Waals surface area (Å²) < 4.78 is 26.9. The Morgan fingerprint density at radius 1 is 1.27 bits per heavy atom. The number of rotatable bonds is 9. The molecule has 1 aromatic rings. The molecule has 0 aromatic heterocycles. The van der Waals surface area contributed by atoms with E-state index in [1.807, 2.05) is 0 Å². The summed E-state index contributed by atoms with van der Waals surface area (Å²) in [6, 6.07) is 4.15. The number of sulfonamides is 1. The maximum Gasteiger partial charge on any atom is 0.322 e. The summed E-state index contributed by atoms with van der Waals surface area (Å²) in [5.41, 5.74) is 0. The number of hydrogen-bond donors (Lipinski definition) is 2. The van der Waals surface area contributed by atoms with Crippen LogP contribution >= 0.6 is 11.6 Å². The molecule has 9 heteroatoms. The normalized spacial score (nSPS) is 15.9. The van der Waals surface area contributed by atoms with Gasteiger partial charge in [0.1, 0.15) is 6.04 Å². The maximum absolute atomic E-state index is 13.0. The van der Waals surface area contributed by atoms with Crippen molar-refractivity contribution in [3.05, 3.63) is 29.3 Å². The monoisotopic (exact) mass is 402 g/mol. The van der Waals surface area contributed by atoms with Crippen LogP contribution in [0.3, 0.4) is 0 Å². The van der Waals surface area contributed by atoms with Gasteiger partial charge >= 0.3 is 5.97 Å². The highest BCUT2D eigenvalue weighted by molar-refractivity contribution is 7.89. The van der Waals surface area contributed by atoms with Crippen molar-refractivity contribution in [1.29, 1.82) is 0 Å². The van der Waals surface area contributed by atoms with Crippen molar-refractivity contribution in [2.75, 3.05) is 6.54 Å². The molecule has 0 radical (unpaired) electrons. The summed E-state index contributed by atoms with van der Waals surface area (Å²) in [6.45, 7) is 3.06. The first-order valence-corrected chi connectivity index (χ1v) is 10.2. The Kier molecular flexibility index (Phi) is 6.65. The van der Waals surface area contributed by atoms with Crippen molar-refractivity contribution in [3.8, 4) is 0 Å². The van der Waals surface area contributed by atoms with Gasteiger partial charge in [0, 0.05) is 11.1 Å². The van der Waals surface area contributed by atoms with Crippen LogP contribution in [0.4, 0.5) is 0 Å². The summed E-state index contributed by atoms with van der Waals surface area (Å²) >= 11 is 5.81. The summed E-state index contributed by atoms with van der Waals surface area (Å²) in [4.78, 5) is 23.9. The molecule has 7 nitrogen and oxygen atoms in total. The molecule has 0 saturated heterocycles. The Hall–Kier alpha value is -1.64. The number of carboxylic acid groups (broad SMARTS) is 1. The number of aliphatic carboxylic acids is 1. The van der Waals surface area contributed by atoms with Crippen LogP contribution in [0.1, 0.15) is 33.1 Å². The lowest BCUT2D eigenvalue weighted by Crippen LogP contribution is -2.50. The molecular weight excluding hydrogens is 380 g/mol. The van der Waals surface area contributed by atoms with Crippen molar-refractivity contribution >= 4 is 33.5 Å². The van der Waals surface area contributed by atoms with Gasteiger partial charge in [-0.25, -0.2) is 8.42 Å². The molecule has 0 bridgehead atoms. The Morgan fingerprint density at radius 2 is 1.85 bits per heavy atom. The number of carboxylic acids is 1. The van der Waals surface area contributed by atoms with Crippen LogP contribution in [0.2, 0.25) is 5.02 Å². The molecule has 0 unspecified atom stereocenters. The number of nitrogens with zero attached hydrogens (tertiary/aromatic N) is 1. The van der Waals surface area contributed by atoms with Gasteiger partial charge in [-0.3, -0.25) is 9.59 Å². The van der Waals surface area contributed by atoms with Crippen LogP contribution in [0.15, 0.2) is 29.2 Å². The van der Waals surface area contributed by atoms with Crippen LogP contribution in [-0.4, -0.2) is 48.3 Å². The Morgan fingerprint density at radius 3 is 2.31 bits per heavy atom. The zero-order chi connectivity index (χ0) is 19.5. The van der Waals surface area contributed by atoms with Gasteiger partial charge in [0.2, 0.25) is 15.9 Å². The number of carbonyl (C=O) groups is 2. The van der Waals surface area contributed by atoms with E-state index in [-0.39, 0.29) is 23.3 Å². The molecule has 1 amide bonds. The molecule has 0 heterocycles. The summed E-state index contributed by atoms with van der Waals surface area (Å²) in [5, 5.41) is 12.7. The fraction of sp³-hybridized carbons (Fsp3) is 0.529. The van der Waals surface area contributed by atoms with E-state index in [1.165, 1.54) is 24.3 Å². The van der Waals surface area contributed by atoms with Crippen LogP contribution in [-0.2, 0) is 19.6 Å². The molecule has 2 N–H and O–H groups in total. The van der Waals surface area contributed by atoms with Gasteiger partial charge in [0.05, 0.1) is 11.4 Å². The van der Waals surface area contributed by atoms with Crippen LogP contribution < -0.4 is 5.32 Å². The lowest BCUT2D eigenvalue weighted by molar-refractivity contribution is -0.142. The largest absolute Gasteiger partial charge is 0.480 e. The summed E-state index contributed by atoms with van der Waals surface area (Å²) in [6.07, 6.45) is 1.80. The Balaban J connectivity index is 2.37. The lowest BCUT2D eigenvalue weighted by Gasteiger charge is -2.28. The minimum atomic E-state index is -4.19. The average molecular weight is 403 g/mol. The van der Waals surface area contributed by atoms with E-state index in [0.29, 0.717) is 5.02 Å². The number of carbonyl (C=O) groups excluding carboxylic acids is 1. The molecule has 1 aliphatic rings. The van der Waals surface area contributed by atoms with Gasteiger partial charge in [-0.1, -0.05) is 25.4 Å². The summed E-state index contributed by atoms with van der Waals surface area (Å²) in [7, 11) is -4.19. The maximum atomic E-state index is 13.0. The first-order chi connectivity index (χ1) is 12.1. The van der Waals surface area contributed by atoms with Gasteiger partial charge in [-0.15, -0.1) is 0 Å². The first kappa shape index (κ1) is 20.7. The molecule has 1 saturated carbocycles. The van der Waals surface area contributed by atoms with Gasteiger partial charge in [0.25, 0.3) is 0 Å². The van der Waals surface area contributed by atoms with E-state index in [2.05, 4.69) is 5.32 Å². The molecule has 26 heavy (non-hydrogen) atoms. The average Bonchev–Trinajstić information content (AvgIpc) is 3.34. The highest BCUT2D eigenvalue weighted by Gasteiger charge is 2.38. The molecule has 1 atom stereocenters. The minimum absolute atomic E-state index is 0.0518. The fourth-order valence-electron chi connectivity index (χ4n) is 2.54. The van der Waals surface area contributed by atoms with Gasteiger partial charge < -0.3 is 10.4 Å². The van der Waals surface area contributed by atoms with E-state index in [0.717, 1.165) is 17.1 Å². The highest BCUT2D eigenvalue weighted by Crippen LogP contribution is 2.24. The van der Waals surface area contributed by atoms with Crippen LogP contribution in [0.5, 0.6) is 0 Å². The predicted octanol–water partition coefficient (Wildman–Crippen LogP) is 2.11. The quantitative estimate of drug-likeness (QED) is 0.658. The SMILES string of the molecule is CC(C)C[C@H](C(=O)O)N(CC(=O)NC1CC1)S(=O)(=O)c1ccc(Cl)cc1. The lowest BCUT2D eigenvalue weighted by atomic mass is 10.0. The van der Waals surface area contributed by atoms with Crippen molar-refractivity contribution in [3.63, 3.8) is 0 Å². The summed E-state index contributed by atoms with van der Waals surface area (Å²) in [5.74, 6) is -1.85. The van der Waals surface area contributed by atoms with Crippen molar-refractivity contribution in [2.45, 2.75) is 50.1 Å². The van der Waals surface area contributed by atoms with E-state index in [9.17, 15) is 23.1 Å². The zero-order valence-corrected chi connectivity index (χ0v) is 16.3. The number of amides is 1. The molecule has 1 aromatic carbocycles. The molecule has 1 fully saturated rings. The van der Waals surface area contributed by atoms with Crippen molar-refractivity contribution in [2.24, 2.45) is 5.92 Å². The Labute approximate surface area is 158 Å². The van der Waals surface area contributed by atoms with Gasteiger partial charge in [-0.2, -0.15) is 4.31 Å². The molecule has 0 aliphatic heterocycles. The second-order valence-corrected chi connectivity index (χ2v) is 9.16. The second kappa shape index (κ2) is 8.37. The third-order valence-electron chi connectivity index (χ3n) is 3.99. The number of hydrogen-bond acceptors (Lipinski definition) is 4. The van der Waals surface area contributed by atoms with Crippen LogP contribution in [0, 0.1) is 5.92 Å². The minimum Gasteiger partial charge on any atom is -0.480 e. The molecule has 2 rings (SSSR count). The Bertz CT molecular complexity index is 760. The van der Waals surface area contributed by atoms with E-state index in [4.69, 9.17) is 11.6 Å². The van der Waals surface area contributed by atoms with E-state index >= 15 is 0 Å². The number of nitrogens with one attached hydrogen (secondary N) is 1. The van der Waals surface area contributed by atoms with Crippen LogP contribution in [0.25, 0.3) is 0 Å². The fourth-order valence-corrected chi connectivity index (χ4v) is 4.21.